The number of ether oxygens (including phenoxy) is 2. The van der Waals surface area contributed by atoms with Crippen molar-refractivity contribution in [2.45, 2.75) is 26.2 Å². The maximum Gasteiger partial charge on any atom is 0.191 e. The molecule has 0 spiro atoms. The Balaban J connectivity index is 1.59. The van der Waals surface area contributed by atoms with Crippen LogP contribution in [0.15, 0.2) is 33.7 Å². The van der Waals surface area contributed by atoms with E-state index >= 15 is 0 Å². The molecule has 0 aliphatic carbocycles. The molecular formula is C18H22FN3O4. The van der Waals surface area contributed by atoms with Gasteiger partial charge >= 0.3 is 0 Å². The molecule has 0 amide bonds. The number of nitrogens with one attached hydrogen (secondary N) is 2. The van der Waals surface area contributed by atoms with E-state index < -0.39 is 6.10 Å². The van der Waals surface area contributed by atoms with E-state index in [0.717, 1.165) is 5.76 Å². The number of fused-ring (bicyclic) bond motifs is 1. The molecule has 140 valence electrons. The highest BCUT2D eigenvalue weighted by atomic mass is 19.1. The standard InChI is InChI=1S/C18H22FN3O4/c1-11-3-4-16(26-11)15(23)8-22-18(20-2)21-7-12-5-14(19)6-13-9-24-10-25-17(12)13/h3-6,15,23H,7-10H2,1-2H3,(H2,20,21,22). The number of aryl methyl sites for hydroxylation is 1. The van der Waals surface area contributed by atoms with Crippen LogP contribution in [0.3, 0.4) is 0 Å². The van der Waals surface area contributed by atoms with Gasteiger partial charge in [-0.2, -0.15) is 0 Å². The van der Waals surface area contributed by atoms with Gasteiger partial charge < -0.3 is 29.6 Å². The minimum atomic E-state index is -0.801. The molecule has 1 aromatic carbocycles. The summed E-state index contributed by atoms with van der Waals surface area (Å²) in [5.41, 5.74) is 1.35. The number of furan rings is 1. The number of hydrogen-bond acceptors (Lipinski definition) is 5. The van der Waals surface area contributed by atoms with Crippen molar-refractivity contribution in [2.24, 2.45) is 4.99 Å². The molecule has 2 aromatic rings. The van der Waals surface area contributed by atoms with Crippen molar-refractivity contribution in [1.29, 1.82) is 0 Å². The summed E-state index contributed by atoms with van der Waals surface area (Å²) in [7, 11) is 1.62. The number of halogens is 1. The SMILES string of the molecule is CN=C(NCc1cc(F)cc2c1OCOC2)NCC(O)c1ccc(C)o1. The smallest absolute Gasteiger partial charge is 0.191 e. The van der Waals surface area contributed by atoms with Gasteiger partial charge in [-0.1, -0.05) is 0 Å². The van der Waals surface area contributed by atoms with Crippen LogP contribution in [-0.4, -0.2) is 31.5 Å². The van der Waals surface area contributed by atoms with Crippen LogP contribution in [0, 0.1) is 12.7 Å². The molecule has 1 aliphatic rings. The topological polar surface area (TPSA) is 88.3 Å². The average Bonchev–Trinajstić information content (AvgIpc) is 3.07. The first kappa shape index (κ1) is 18.2. The third-order valence-electron chi connectivity index (χ3n) is 3.97. The molecule has 0 bridgehead atoms. The Bertz CT molecular complexity index is 791. The molecule has 8 heteroatoms. The van der Waals surface area contributed by atoms with Crippen LogP contribution in [-0.2, 0) is 17.9 Å². The van der Waals surface area contributed by atoms with E-state index in [1.165, 1.54) is 12.1 Å². The minimum Gasteiger partial charge on any atom is -0.467 e. The van der Waals surface area contributed by atoms with Crippen molar-refractivity contribution in [3.63, 3.8) is 0 Å². The Hall–Kier alpha value is -2.58. The fourth-order valence-electron chi connectivity index (χ4n) is 2.71. The maximum atomic E-state index is 13.8. The van der Waals surface area contributed by atoms with Gasteiger partial charge in [0.15, 0.2) is 12.8 Å². The summed E-state index contributed by atoms with van der Waals surface area (Å²) in [4.78, 5) is 4.10. The van der Waals surface area contributed by atoms with E-state index in [1.807, 2.05) is 6.92 Å². The summed E-state index contributed by atoms with van der Waals surface area (Å²) in [6.45, 7) is 2.82. The number of guanidine groups is 1. The Labute approximate surface area is 150 Å². The van der Waals surface area contributed by atoms with E-state index in [2.05, 4.69) is 15.6 Å². The molecule has 0 saturated heterocycles. The number of aliphatic imine (C=N–C) groups is 1. The van der Waals surface area contributed by atoms with Crippen molar-refractivity contribution in [1.82, 2.24) is 10.6 Å². The number of benzene rings is 1. The summed E-state index contributed by atoms with van der Waals surface area (Å²) in [6, 6.07) is 6.36. The number of hydrogen-bond donors (Lipinski definition) is 3. The van der Waals surface area contributed by atoms with Gasteiger partial charge in [0, 0.05) is 24.7 Å². The molecule has 3 N–H and O–H groups in total. The van der Waals surface area contributed by atoms with E-state index in [1.54, 1.807) is 19.2 Å². The number of nitrogens with zero attached hydrogens (tertiary/aromatic N) is 1. The second kappa shape index (κ2) is 8.20. The first-order valence-corrected chi connectivity index (χ1v) is 8.27. The van der Waals surface area contributed by atoms with Gasteiger partial charge in [0.25, 0.3) is 0 Å². The van der Waals surface area contributed by atoms with Crippen molar-refractivity contribution >= 4 is 5.96 Å². The van der Waals surface area contributed by atoms with Gasteiger partial charge in [0.1, 0.15) is 29.2 Å². The van der Waals surface area contributed by atoms with E-state index in [4.69, 9.17) is 13.9 Å². The van der Waals surface area contributed by atoms with Crippen LogP contribution in [0.5, 0.6) is 5.75 Å². The number of aliphatic hydroxyl groups is 1. The highest BCUT2D eigenvalue weighted by molar-refractivity contribution is 5.79. The average molecular weight is 363 g/mol. The predicted octanol–water partition coefficient (Wildman–Crippen LogP) is 1.99. The van der Waals surface area contributed by atoms with Crippen molar-refractivity contribution in [3.05, 3.63) is 52.7 Å². The molecule has 1 unspecified atom stereocenters. The monoisotopic (exact) mass is 363 g/mol. The molecule has 1 atom stereocenters. The largest absolute Gasteiger partial charge is 0.467 e. The molecule has 0 radical (unpaired) electrons. The van der Waals surface area contributed by atoms with E-state index in [0.29, 0.717) is 41.7 Å². The Morgan fingerprint density at radius 2 is 2.19 bits per heavy atom. The summed E-state index contributed by atoms with van der Waals surface area (Å²) >= 11 is 0. The predicted molar refractivity (Wildman–Crippen MR) is 93.3 cm³/mol. The summed E-state index contributed by atoms with van der Waals surface area (Å²) in [6.07, 6.45) is -0.801. The summed E-state index contributed by atoms with van der Waals surface area (Å²) < 4.78 is 29.8. The van der Waals surface area contributed by atoms with Crippen molar-refractivity contribution in [3.8, 4) is 5.75 Å². The second-order valence-corrected chi connectivity index (χ2v) is 5.93. The lowest BCUT2D eigenvalue weighted by molar-refractivity contribution is -0.0173. The fraction of sp³-hybridized carbons (Fsp3) is 0.389. The summed E-state index contributed by atoms with van der Waals surface area (Å²) in [5.74, 6) is 1.98. The maximum absolute atomic E-state index is 13.8. The van der Waals surface area contributed by atoms with Gasteiger partial charge in [-0.3, -0.25) is 4.99 Å². The highest BCUT2D eigenvalue weighted by Gasteiger charge is 2.17. The molecule has 3 rings (SSSR count). The third kappa shape index (κ3) is 4.33. The third-order valence-corrected chi connectivity index (χ3v) is 3.97. The first-order chi connectivity index (χ1) is 12.6. The molecule has 0 saturated carbocycles. The van der Waals surface area contributed by atoms with Crippen LogP contribution in [0.25, 0.3) is 0 Å². The Kier molecular flexibility index (Phi) is 5.75. The van der Waals surface area contributed by atoms with E-state index in [-0.39, 0.29) is 19.2 Å². The second-order valence-electron chi connectivity index (χ2n) is 5.93. The van der Waals surface area contributed by atoms with Gasteiger partial charge in [0.05, 0.1) is 13.2 Å². The first-order valence-electron chi connectivity index (χ1n) is 8.27. The van der Waals surface area contributed by atoms with Crippen LogP contribution in [0.4, 0.5) is 4.39 Å². The number of rotatable bonds is 5. The van der Waals surface area contributed by atoms with Crippen molar-refractivity contribution in [2.75, 3.05) is 20.4 Å². The number of aliphatic hydroxyl groups excluding tert-OH is 1. The Morgan fingerprint density at radius 3 is 2.92 bits per heavy atom. The molecular weight excluding hydrogens is 341 g/mol. The van der Waals surface area contributed by atoms with E-state index in [9.17, 15) is 9.50 Å². The van der Waals surface area contributed by atoms with Crippen molar-refractivity contribution < 1.29 is 23.4 Å². The lowest BCUT2D eigenvalue weighted by atomic mass is 10.1. The van der Waals surface area contributed by atoms with Gasteiger partial charge in [-0.15, -0.1) is 0 Å². The molecule has 26 heavy (non-hydrogen) atoms. The zero-order valence-corrected chi connectivity index (χ0v) is 14.7. The molecule has 1 aliphatic heterocycles. The summed E-state index contributed by atoms with van der Waals surface area (Å²) in [5, 5.41) is 16.2. The zero-order chi connectivity index (χ0) is 18.5. The molecule has 7 nitrogen and oxygen atoms in total. The fourth-order valence-corrected chi connectivity index (χ4v) is 2.71. The minimum absolute atomic E-state index is 0.146. The lowest BCUT2D eigenvalue weighted by Crippen LogP contribution is -2.39. The lowest BCUT2D eigenvalue weighted by Gasteiger charge is -2.21. The van der Waals surface area contributed by atoms with Crippen LogP contribution >= 0.6 is 0 Å². The normalized spacial score (nSPS) is 15.2. The van der Waals surface area contributed by atoms with Gasteiger partial charge in [-0.25, -0.2) is 4.39 Å². The molecule has 2 heterocycles. The van der Waals surface area contributed by atoms with Crippen LogP contribution in [0.1, 0.15) is 28.8 Å². The zero-order valence-electron chi connectivity index (χ0n) is 14.7. The highest BCUT2D eigenvalue weighted by Crippen LogP contribution is 2.29. The van der Waals surface area contributed by atoms with Crippen LogP contribution in [0.2, 0.25) is 0 Å². The van der Waals surface area contributed by atoms with Gasteiger partial charge in [-0.05, 0) is 31.2 Å². The Morgan fingerprint density at radius 1 is 1.35 bits per heavy atom. The quantitative estimate of drug-likeness (QED) is 0.556. The molecule has 0 fully saturated rings. The van der Waals surface area contributed by atoms with Gasteiger partial charge in [0.2, 0.25) is 0 Å². The van der Waals surface area contributed by atoms with Crippen LogP contribution < -0.4 is 15.4 Å². The molecule has 1 aromatic heterocycles.